The number of ether oxygens (including phenoxy) is 2. The Hall–Kier alpha value is -3.97. The first-order valence-electron chi connectivity index (χ1n) is 19.0. The van der Waals surface area contributed by atoms with E-state index in [0.29, 0.717) is 42.2 Å². The number of carbonyl (C=O) groups is 4. The highest BCUT2D eigenvalue weighted by atomic mass is 79.9. The van der Waals surface area contributed by atoms with Crippen molar-refractivity contribution < 1.29 is 33.8 Å². The summed E-state index contributed by atoms with van der Waals surface area (Å²) in [5, 5.41) is 16.9. The van der Waals surface area contributed by atoms with Gasteiger partial charge in [-0.1, -0.05) is 66.2 Å². The summed E-state index contributed by atoms with van der Waals surface area (Å²) in [6, 6.07) is 23.4. The second-order valence-electron chi connectivity index (χ2n) is 15.0. The van der Waals surface area contributed by atoms with E-state index < -0.39 is 11.7 Å². The van der Waals surface area contributed by atoms with Crippen molar-refractivity contribution in [1.82, 2.24) is 16.0 Å². The first kappa shape index (κ1) is 40.7. The summed E-state index contributed by atoms with van der Waals surface area (Å²) in [5.74, 6) is -1.53. The van der Waals surface area contributed by atoms with Crippen molar-refractivity contribution in [3.63, 3.8) is 0 Å². The third-order valence-corrected chi connectivity index (χ3v) is 12.7. The lowest BCUT2D eigenvalue weighted by atomic mass is 9.55. The third-order valence-electron chi connectivity index (χ3n) is 10.8. The monoisotopic (exact) mass is 831 g/mol. The lowest BCUT2D eigenvalue weighted by Gasteiger charge is -2.57. The van der Waals surface area contributed by atoms with Gasteiger partial charge in [0.05, 0.1) is 24.3 Å². The molecule has 0 saturated heterocycles. The van der Waals surface area contributed by atoms with E-state index in [4.69, 9.17) is 14.6 Å². The lowest BCUT2D eigenvalue weighted by molar-refractivity contribution is -0.219. The zero-order valence-electron chi connectivity index (χ0n) is 31.5. The Morgan fingerprint density at radius 1 is 1.02 bits per heavy atom. The molecule has 6 unspecified atom stereocenters. The summed E-state index contributed by atoms with van der Waals surface area (Å²) in [4.78, 5) is 53.8. The normalized spacial score (nSPS) is 23.9. The fraction of sp³-hybridized carbons (Fsp3) is 0.442. The van der Waals surface area contributed by atoms with E-state index in [0.717, 1.165) is 26.9 Å². The largest absolute Gasteiger partial charge is 0.460 e. The summed E-state index contributed by atoms with van der Waals surface area (Å²) >= 11 is 5.06. The molecule has 3 aliphatic rings. The standard InChI is InChI=1S/C43H50BrN3O7S/c1-26(2)20-32-28(8-7-11-38(50)46-25-39(51)45-18-19-48)21-33-35(49)23-37(55-31-9-5-4-6-10-31)43(53-3)41(33)40(32)34-22-29(14-17-36(34)54-43)42(52)47-24-27-12-15-30(44)16-13-27/h4-6,9-10,12-17,21-22,26,28,32,37,40-41,48H,7-8,11,18-20,23-25H2,1-3H3,(H,45,51)(H,46,50)(H,47,52). The van der Waals surface area contributed by atoms with Gasteiger partial charge in [0.1, 0.15) is 5.75 Å². The van der Waals surface area contributed by atoms with Gasteiger partial charge < -0.3 is 30.5 Å². The number of aliphatic hydroxyl groups excluding tert-OH is 1. The number of rotatable bonds is 16. The molecule has 6 rings (SSSR count). The first-order chi connectivity index (χ1) is 26.5. The van der Waals surface area contributed by atoms with Gasteiger partial charge in [0.2, 0.25) is 17.6 Å². The van der Waals surface area contributed by atoms with Crippen LogP contribution in [0.2, 0.25) is 0 Å². The molecule has 10 nitrogen and oxygen atoms in total. The van der Waals surface area contributed by atoms with Gasteiger partial charge in [0.15, 0.2) is 5.78 Å². The molecule has 0 bridgehead atoms. The van der Waals surface area contributed by atoms with Crippen LogP contribution in [-0.2, 0) is 25.7 Å². The minimum Gasteiger partial charge on any atom is -0.460 e. The zero-order chi connectivity index (χ0) is 39.1. The molecule has 1 aliphatic heterocycles. The molecule has 55 heavy (non-hydrogen) atoms. The smallest absolute Gasteiger partial charge is 0.251 e. The van der Waals surface area contributed by atoms with E-state index in [-0.39, 0.29) is 79.0 Å². The highest BCUT2D eigenvalue weighted by Gasteiger charge is 2.64. The fourth-order valence-electron chi connectivity index (χ4n) is 8.44. The second-order valence-corrected chi connectivity index (χ2v) is 17.2. The van der Waals surface area contributed by atoms with Gasteiger partial charge in [0.25, 0.3) is 5.91 Å². The Labute approximate surface area is 335 Å². The third kappa shape index (κ3) is 9.36. The van der Waals surface area contributed by atoms with Crippen molar-refractivity contribution in [2.24, 2.45) is 23.7 Å². The molecular weight excluding hydrogens is 782 g/mol. The molecule has 1 fully saturated rings. The van der Waals surface area contributed by atoms with E-state index in [9.17, 15) is 19.2 Å². The van der Waals surface area contributed by atoms with Crippen LogP contribution in [0.15, 0.2) is 93.8 Å². The fourth-order valence-corrected chi connectivity index (χ4v) is 10.0. The summed E-state index contributed by atoms with van der Waals surface area (Å²) < 4.78 is 14.5. The van der Waals surface area contributed by atoms with Crippen molar-refractivity contribution in [1.29, 1.82) is 0 Å². The van der Waals surface area contributed by atoms with Gasteiger partial charge in [-0.3, -0.25) is 19.2 Å². The molecule has 1 saturated carbocycles. The maximum Gasteiger partial charge on any atom is 0.251 e. The average molecular weight is 833 g/mol. The van der Waals surface area contributed by atoms with Crippen LogP contribution in [0.25, 0.3) is 0 Å². The SMILES string of the molecule is COC12Oc3ccc(C(=O)NCc4ccc(Br)cc4)cc3C3C(CC(C)C)C(CCCC(=O)NCC(=O)NCCO)C=C(C(=O)CC1Sc1ccccc1)C32. The van der Waals surface area contributed by atoms with Crippen molar-refractivity contribution in [2.75, 3.05) is 26.8 Å². The summed E-state index contributed by atoms with van der Waals surface area (Å²) in [5.41, 5.74) is 3.07. The van der Waals surface area contributed by atoms with Crippen molar-refractivity contribution >= 4 is 51.2 Å². The Kier molecular flexibility index (Phi) is 13.6. The zero-order valence-corrected chi connectivity index (χ0v) is 33.9. The molecule has 3 aromatic rings. The molecule has 6 atom stereocenters. The summed E-state index contributed by atoms with van der Waals surface area (Å²) in [7, 11) is 1.67. The number of Topliss-reactive ketones (excluding diaryl/α,β-unsaturated/α-hetero) is 1. The number of carbonyl (C=O) groups excluding carboxylic acids is 4. The Bertz CT molecular complexity index is 1890. The number of allylic oxidation sites excluding steroid dienone is 1. The van der Waals surface area contributed by atoms with Crippen molar-refractivity contribution in [3.8, 4) is 5.75 Å². The van der Waals surface area contributed by atoms with Gasteiger partial charge in [-0.15, -0.1) is 11.8 Å². The molecule has 0 radical (unpaired) electrons. The van der Waals surface area contributed by atoms with Gasteiger partial charge >= 0.3 is 0 Å². The maximum absolute atomic E-state index is 14.3. The van der Waals surface area contributed by atoms with Crippen LogP contribution in [0.5, 0.6) is 5.75 Å². The number of hydrogen-bond donors (Lipinski definition) is 4. The van der Waals surface area contributed by atoms with Crippen LogP contribution in [0.1, 0.15) is 73.4 Å². The minimum atomic E-state index is -1.15. The summed E-state index contributed by atoms with van der Waals surface area (Å²) in [6.45, 7) is 4.57. The highest BCUT2D eigenvalue weighted by molar-refractivity contribution is 9.10. The molecular formula is C43H50BrN3O7S. The number of nitrogens with one attached hydrogen (secondary N) is 3. The number of amides is 3. The van der Waals surface area contributed by atoms with E-state index in [1.54, 1.807) is 24.9 Å². The van der Waals surface area contributed by atoms with Crippen LogP contribution < -0.4 is 20.7 Å². The molecule has 12 heteroatoms. The van der Waals surface area contributed by atoms with Gasteiger partial charge in [0, 0.05) is 59.5 Å². The predicted molar refractivity (Wildman–Crippen MR) is 216 cm³/mol. The molecule has 3 amide bonds. The Balaban J connectivity index is 1.34. The number of benzene rings is 3. The van der Waals surface area contributed by atoms with Crippen LogP contribution in [0, 0.1) is 23.7 Å². The van der Waals surface area contributed by atoms with Gasteiger partial charge in [-0.25, -0.2) is 0 Å². The number of fused-ring (bicyclic) bond motifs is 2. The quantitative estimate of drug-likeness (QED) is 0.127. The van der Waals surface area contributed by atoms with E-state index in [1.165, 1.54) is 0 Å². The molecule has 4 N–H and O–H groups in total. The number of methoxy groups -OCH3 is 1. The average Bonchev–Trinajstić information content (AvgIpc) is 3.18. The maximum atomic E-state index is 14.3. The van der Waals surface area contributed by atoms with Crippen LogP contribution >= 0.6 is 27.7 Å². The Morgan fingerprint density at radius 3 is 2.49 bits per heavy atom. The van der Waals surface area contributed by atoms with Crippen LogP contribution in [-0.4, -0.2) is 66.5 Å². The molecule has 2 aliphatic carbocycles. The topological polar surface area (TPSA) is 143 Å². The Morgan fingerprint density at radius 2 is 1.78 bits per heavy atom. The number of aliphatic hydroxyl groups is 1. The number of halogens is 1. The number of thioether (sulfide) groups is 1. The van der Waals surface area contributed by atoms with E-state index >= 15 is 0 Å². The lowest BCUT2D eigenvalue weighted by Crippen LogP contribution is -2.64. The first-order valence-corrected chi connectivity index (χ1v) is 20.7. The minimum absolute atomic E-state index is 0.0306. The molecule has 0 spiro atoms. The van der Waals surface area contributed by atoms with Gasteiger partial charge in [-0.05, 0) is 90.6 Å². The van der Waals surface area contributed by atoms with Gasteiger partial charge in [-0.2, -0.15) is 0 Å². The molecule has 1 heterocycles. The number of ketones is 1. The van der Waals surface area contributed by atoms with Crippen molar-refractivity contribution in [2.45, 2.75) is 74.3 Å². The second kappa shape index (κ2) is 18.3. The van der Waals surface area contributed by atoms with Crippen molar-refractivity contribution in [3.05, 3.63) is 106 Å². The predicted octanol–water partition coefficient (Wildman–Crippen LogP) is 6.56. The summed E-state index contributed by atoms with van der Waals surface area (Å²) in [6.07, 6.45) is 4.66. The molecule has 292 valence electrons. The van der Waals surface area contributed by atoms with Crippen LogP contribution in [0.3, 0.4) is 0 Å². The molecule has 0 aromatic heterocycles. The number of hydrogen-bond acceptors (Lipinski definition) is 8. The van der Waals surface area contributed by atoms with E-state index in [2.05, 4.69) is 51.8 Å². The van der Waals surface area contributed by atoms with Crippen LogP contribution in [0.4, 0.5) is 0 Å². The van der Waals surface area contributed by atoms with E-state index in [1.807, 2.05) is 66.7 Å². The highest BCUT2D eigenvalue weighted by Crippen LogP contribution is 2.62. The molecule has 3 aromatic carbocycles.